The molecule has 0 aliphatic carbocycles. The first-order valence-corrected chi connectivity index (χ1v) is 6.05. The third kappa shape index (κ3) is 3.30. The van der Waals surface area contributed by atoms with Crippen molar-refractivity contribution in [2.24, 2.45) is 0 Å². The van der Waals surface area contributed by atoms with E-state index in [0.29, 0.717) is 0 Å². The summed E-state index contributed by atoms with van der Waals surface area (Å²) in [4.78, 5) is 33.5. The minimum absolute atomic E-state index is 0.0974. The van der Waals surface area contributed by atoms with Crippen LogP contribution in [0.4, 0.5) is 5.69 Å². The number of nitro benzene ring substituents is 1. The lowest BCUT2D eigenvalue weighted by atomic mass is 10.0. The lowest BCUT2D eigenvalue weighted by molar-refractivity contribution is -0.384. The van der Waals surface area contributed by atoms with Crippen molar-refractivity contribution in [1.29, 1.82) is 0 Å². The fraction of sp³-hybridized carbons (Fsp3) is 0.0667. The molecule has 6 nitrogen and oxygen atoms in total. The monoisotopic (exact) mass is 285 g/mol. The first-order chi connectivity index (χ1) is 9.99. The van der Waals surface area contributed by atoms with Gasteiger partial charge in [-0.05, 0) is 24.3 Å². The molecule has 0 spiro atoms. The molecule has 2 aromatic rings. The second kappa shape index (κ2) is 5.96. The van der Waals surface area contributed by atoms with Crippen molar-refractivity contribution in [2.45, 2.75) is 6.92 Å². The molecule has 106 valence electrons. The summed E-state index contributed by atoms with van der Waals surface area (Å²) >= 11 is 0. The van der Waals surface area contributed by atoms with Gasteiger partial charge in [-0.25, -0.2) is 0 Å². The molecule has 0 saturated carbocycles. The SMILES string of the molecule is CC(=O)Oc1ccccc1C(=O)c1ccc([N+](=O)[O-])cc1. The maximum Gasteiger partial charge on any atom is 0.308 e. The Morgan fingerprint density at radius 2 is 1.67 bits per heavy atom. The van der Waals surface area contributed by atoms with Crippen LogP contribution in [-0.2, 0) is 4.79 Å². The number of hydrogen-bond donors (Lipinski definition) is 0. The van der Waals surface area contributed by atoms with Crippen molar-refractivity contribution in [1.82, 2.24) is 0 Å². The first kappa shape index (κ1) is 14.4. The predicted octanol–water partition coefficient (Wildman–Crippen LogP) is 2.75. The summed E-state index contributed by atoms with van der Waals surface area (Å²) < 4.78 is 4.98. The van der Waals surface area contributed by atoms with Crippen LogP contribution in [-0.4, -0.2) is 16.7 Å². The third-order valence-corrected chi connectivity index (χ3v) is 2.73. The summed E-state index contributed by atoms with van der Waals surface area (Å²) in [7, 11) is 0. The van der Waals surface area contributed by atoms with E-state index >= 15 is 0 Å². The molecule has 0 bridgehead atoms. The molecule has 0 aromatic heterocycles. The van der Waals surface area contributed by atoms with E-state index in [0.717, 1.165) is 0 Å². The van der Waals surface area contributed by atoms with Gasteiger partial charge in [-0.1, -0.05) is 12.1 Å². The van der Waals surface area contributed by atoms with Gasteiger partial charge in [-0.15, -0.1) is 0 Å². The Balaban J connectivity index is 2.35. The maximum atomic E-state index is 12.4. The molecule has 0 amide bonds. The van der Waals surface area contributed by atoms with Gasteiger partial charge in [0.05, 0.1) is 10.5 Å². The van der Waals surface area contributed by atoms with Crippen LogP contribution < -0.4 is 4.74 Å². The Bertz CT molecular complexity index is 706. The highest BCUT2D eigenvalue weighted by Crippen LogP contribution is 2.22. The molecule has 0 aliphatic heterocycles. The van der Waals surface area contributed by atoms with Gasteiger partial charge in [0.25, 0.3) is 5.69 Å². The summed E-state index contributed by atoms with van der Waals surface area (Å²) in [6.45, 7) is 1.24. The highest BCUT2D eigenvalue weighted by atomic mass is 16.6. The topological polar surface area (TPSA) is 86.5 Å². The molecular weight excluding hydrogens is 274 g/mol. The van der Waals surface area contributed by atoms with E-state index in [2.05, 4.69) is 0 Å². The largest absolute Gasteiger partial charge is 0.426 e. The molecular formula is C15H11NO5. The van der Waals surface area contributed by atoms with E-state index in [-0.39, 0.29) is 28.3 Å². The Hall–Kier alpha value is -3.02. The summed E-state index contributed by atoms with van der Waals surface area (Å²) in [6, 6.07) is 11.6. The average Bonchev–Trinajstić information content (AvgIpc) is 2.46. The molecule has 0 fully saturated rings. The molecule has 0 unspecified atom stereocenters. The maximum absolute atomic E-state index is 12.4. The van der Waals surface area contributed by atoms with Crippen LogP contribution in [0.15, 0.2) is 48.5 Å². The predicted molar refractivity (Wildman–Crippen MR) is 74.3 cm³/mol. The zero-order chi connectivity index (χ0) is 15.4. The van der Waals surface area contributed by atoms with Crippen LogP contribution in [0.3, 0.4) is 0 Å². The van der Waals surface area contributed by atoms with Gasteiger partial charge in [-0.3, -0.25) is 19.7 Å². The lowest BCUT2D eigenvalue weighted by Crippen LogP contribution is -2.08. The van der Waals surface area contributed by atoms with Crippen LogP contribution in [0, 0.1) is 10.1 Å². The van der Waals surface area contributed by atoms with Gasteiger partial charge in [-0.2, -0.15) is 0 Å². The molecule has 21 heavy (non-hydrogen) atoms. The van der Waals surface area contributed by atoms with Gasteiger partial charge >= 0.3 is 5.97 Å². The van der Waals surface area contributed by atoms with Crippen molar-refractivity contribution in [3.05, 3.63) is 69.8 Å². The number of rotatable bonds is 4. The number of nitrogens with zero attached hydrogens (tertiary/aromatic N) is 1. The number of carbonyl (C=O) groups is 2. The molecule has 0 N–H and O–H groups in total. The molecule has 0 saturated heterocycles. The fourth-order valence-electron chi connectivity index (χ4n) is 1.79. The summed E-state index contributed by atoms with van der Waals surface area (Å²) in [5.41, 5.74) is 0.404. The fourth-order valence-corrected chi connectivity index (χ4v) is 1.79. The van der Waals surface area contributed by atoms with Crippen LogP contribution in [0.1, 0.15) is 22.8 Å². The molecule has 2 aromatic carbocycles. The zero-order valence-corrected chi connectivity index (χ0v) is 11.1. The van der Waals surface area contributed by atoms with Crippen molar-refractivity contribution in [2.75, 3.05) is 0 Å². The first-order valence-electron chi connectivity index (χ1n) is 6.05. The number of ether oxygens (including phenoxy) is 1. The zero-order valence-electron chi connectivity index (χ0n) is 11.1. The van der Waals surface area contributed by atoms with Crippen LogP contribution in [0.25, 0.3) is 0 Å². The molecule has 0 radical (unpaired) electrons. The summed E-state index contributed by atoms with van der Waals surface area (Å²) in [5, 5.41) is 10.6. The third-order valence-electron chi connectivity index (χ3n) is 2.73. The molecule has 0 aliphatic rings. The number of hydrogen-bond acceptors (Lipinski definition) is 5. The number of esters is 1. The number of benzene rings is 2. The molecule has 6 heteroatoms. The van der Waals surface area contributed by atoms with Crippen LogP contribution in [0.5, 0.6) is 5.75 Å². The minimum atomic E-state index is -0.541. The molecule has 0 heterocycles. The Labute approximate surface area is 120 Å². The van der Waals surface area contributed by atoms with Crippen molar-refractivity contribution < 1.29 is 19.2 Å². The van der Waals surface area contributed by atoms with Gasteiger partial charge in [0.1, 0.15) is 5.75 Å². The highest BCUT2D eigenvalue weighted by Gasteiger charge is 2.16. The van der Waals surface area contributed by atoms with E-state index in [1.165, 1.54) is 43.3 Å². The van der Waals surface area contributed by atoms with E-state index in [1.54, 1.807) is 12.1 Å². The number of non-ortho nitro benzene ring substituents is 1. The Morgan fingerprint density at radius 1 is 1.05 bits per heavy atom. The van der Waals surface area contributed by atoms with E-state index in [1.807, 2.05) is 0 Å². The normalized spacial score (nSPS) is 9.95. The average molecular weight is 285 g/mol. The minimum Gasteiger partial charge on any atom is -0.426 e. The van der Waals surface area contributed by atoms with Gasteiger partial charge < -0.3 is 4.74 Å². The van der Waals surface area contributed by atoms with Gasteiger partial charge in [0.15, 0.2) is 5.78 Å². The van der Waals surface area contributed by atoms with Crippen LogP contribution in [0.2, 0.25) is 0 Å². The molecule has 0 atom stereocenters. The lowest BCUT2D eigenvalue weighted by Gasteiger charge is -2.07. The van der Waals surface area contributed by atoms with E-state index in [9.17, 15) is 19.7 Å². The van der Waals surface area contributed by atoms with Crippen LogP contribution >= 0.6 is 0 Å². The van der Waals surface area contributed by atoms with Crippen molar-refractivity contribution in [3.63, 3.8) is 0 Å². The number of para-hydroxylation sites is 1. The number of carbonyl (C=O) groups excluding carboxylic acids is 2. The Kier molecular flexibility index (Phi) is 4.08. The van der Waals surface area contributed by atoms with E-state index in [4.69, 9.17) is 4.74 Å². The highest BCUT2D eigenvalue weighted by molar-refractivity contribution is 6.11. The summed E-state index contributed by atoms with van der Waals surface area (Å²) in [6.07, 6.45) is 0. The number of nitro groups is 1. The standard InChI is InChI=1S/C15H11NO5/c1-10(17)21-14-5-3-2-4-13(14)15(18)11-6-8-12(9-7-11)16(19)20/h2-9H,1H3. The van der Waals surface area contributed by atoms with Gasteiger partial charge in [0, 0.05) is 24.6 Å². The second-order valence-electron chi connectivity index (χ2n) is 4.22. The smallest absolute Gasteiger partial charge is 0.308 e. The van der Waals surface area contributed by atoms with Gasteiger partial charge in [0.2, 0.25) is 0 Å². The number of ketones is 1. The van der Waals surface area contributed by atoms with E-state index < -0.39 is 10.9 Å². The van der Waals surface area contributed by atoms with Crippen molar-refractivity contribution >= 4 is 17.4 Å². The summed E-state index contributed by atoms with van der Waals surface area (Å²) in [5.74, 6) is -0.742. The Morgan fingerprint density at radius 3 is 2.24 bits per heavy atom. The molecule has 2 rings (SSSR count). The van der Waals surface area contributed by atoms with Crippen molar-refractivity contribution in [3.8, 4) is 5.75 Å². The quantitative estimate of drug-likeness (QED) is 0.283. The second-order valence-corrected chi connectivity index (χ2v) is 4.22.